The lowest BCUT2D eigenvalue weighted by Crippen LogP contribution is -2.36. The lowest BCUT2D eigenvalue weighted by atomic mass is 10.1. The molecule has 0 aliphatic heterocycles. The Labute approximate surface area is 101 Å². The quantitative estimate of drug-likeness (QED) is 0.646. The molecule has 5 nitrogen and oxygen atoms in total. The molecule has 0 spiro atoms. The van der Waals surface area contributed by atoms with Crippen LogP contribution in [-0.2, 0) is 0 Å². The molecule has 0 unspecified atom stereocenters. The van der Waals surface area contributed by atoms with E-state index >= 15 is 0 Å². The van der Waals surface area contributed by atoms with E-state index in [1.54, 1.807) is 12.1 Å². The van der Waals surface area contributed by atoms with Crippen LogP contribution in [0.25, 0.3) is 6.08 Å². The van der Waals surface area contributed by atoms with Crippen molar-refractivity contribution in [2.24, 2.45) is 0 Å². The number of hydrogen-bond donors (Lipinski definition) is 1. The van der Waals surface area contributed by atoms with Crippen molar-refractivity contribution in [3.05, 3.63) is 33.6 Å². The van der Waals surface area contributed by atoms with Gasteiger partial charge in [-0.2, -0.15) is 0 Å². The summed E-state index contributed by atoms with van der Waals surface area (Å²) in [5, 5.41) is 13.8. The van der Waals surface area contributed by atoms with Crippen molar-refractivity contribution in [1.82, 2.24) is 5.32 Å². The fourth-order valence-electron chi connectivity index (χ4n) is 1.22. The largest absolute Gasteiger partial charge is 0.433 e. The van der Waals surface area contributed by atoms with Crippen LogP contribution in [0.1, 0.15) is 33.5 Å². The van der Waals surface area contributed by atoms with Crippen LogP contribution in [0.3, 0.4) is 0 Å². The van der Waals surface area contributed by atoms with E-state index in [9.17, 15) is 10.1 Å². The van der Waals surface area contributed by atoms with Gasteiger partial charge in [-0.1, -0.05) is 5.57 Å². The second kappa shape index (κ2) is 5.14. The molecule has 1 aromatic heterocycles. The van der Waals surface area contributed by atoms with E-state index in [0.717, 1.165) is 12.1 Å². The molecule has 0 amide bonds. The molecule has 0 atom stereocenters. The van der Waals surface area contributed by atoms with Gasteiger partial charge in [0.15, 0.2) is 0 Å². The number of nitro groups is 1. The van der Waals surface area contributed by atoms with Crippen molar-refractivity contribution >= 4 is 12.0 Å². The third-order valence-corrected chi connectivity index (χ3v) is 2.08. The second-order valence-corrected chi connectivity index (χ2v) is 5.03. The van der Waals surface area contributed by atoms with Crippen LogP contribution in [-0.4, -0.2) is 17.0 Å². The summed E-state index contributed by atoms with van der Waals surface area (Å²) in [7, 11) is 0. The summed E-state index contributed by atoms with van der Waals surface area (Å²) in [5.74, 6) is 0.276. The average Bonchev–Trinajstić information content (AvgIpc) is 2.62. The molecule has 0 fully saturated rings. The van der Waals surface area contributed by atoms with Crippen LogP contribution in [0.2, 0.25) is 0 Å². The summed E-state index contributed by atoms with van der Waals surface area (Å²) in [4.78, 5) is 9.89. The van der Waals surface area contributed by atoms with Gasteiger partial charge >= 0.3 is 5.88 Å². The Hall–Kier alpha value is -1.62. The first-order chi connectivity index (χ1) is 7.78. The van der Waals surface area contributed by atoms with Crippen molar-refractivity contribution in [1.29, 1.82) is 0 Å². The monoisotopic (exact) mass is 238 g/mol. The normalized spacial score (nSPS) is 12.8. The highest BCUT2D eigenvalue weighted by Crippen LogP contribution is 2.17. The number of nitrogens with zero attached hydrogens (tertiary/aromatic N) is 1. The topological polar surface area (TPSA) is 68.3 Å². The van der Waals surface area contributed by atoms with Gasteiger partial charge in [-0.25, -0.2) is 0 Å². The van der Waals surface area contributed by atoms with Crippen molar-refractivity contribution in [3.8, 4) is 0 Å². The minimum absolute atomic E-state index is 0.0459. The number of nitrogens with one attached hydrogen (secondary N) is 1. The Morgan fingerprint density at radius 3 is 2.65 bits per heavy atom. The lowest BCUT2D eigenvalue weighted by Gasteiger charge is -2.20. The van der Waals surface area contributed by atoms with Crippen molar-refractivity contribution < 1.29 is 9.34 Å². The Balaban J connectivity index is 2.64. The summed E-state index contributed by atoms with van der Waals surface area (Å²) in [6, 6.07) is 2.95. The molecule has 1 heterocycles. The maximum atomic E-state index is 10.4. The van der Waals surface area contributed by atoms with E-state index in [-0.39, 0.29) is 11.4 Å². The van der Waals surface area contributed by atoms with Crippen LogP contribution in [0.15, 0.2) is 22.1 Å². The van der Waals surface area contributed by atoms with E-state index in [1.807, 2.05) is 6.92 Å². The van der Waals surface area contributed by atoms with Gasteiger partial charge in [0.05, 0.1) is 6.07 Å². The van der Waals surface area contributed by atoms with Crippen molar-refractivity contribution in [3.63, 3.8) is 0 Å². The van der Waals surface area contributed by atoms with Gasteiger partial charge in [0.2, 0.25) is 0 Å². The highest BCUT2D eigenvalue weighted by molar-refractivity contribution is 5.48. The highest BCUT2D eigenvalue weighted by atomic mass is 16.6. The molecule has 94 valence electrons. The molecular weight excluding hydrogens is 220 g/mol. The Bertz CT molecular complexity index is 427. The van der Waals surface area contributed by atoms with Gasteiger partial charge in [-0.05, 0) is 39.8 Å². The van der Waals surface area contributed by atoms with Crippen molar-refractivity contribution in [2.75, 3.05) is 6.54 Å². The summed E-state index contributed by atoms with van der Waals surface area (Å²) < 4.78 is 5.04. The van der Waals surface area contributed by atoms with Crippen LogP contribution < -0.4 is 5.32 Å². The van der Waals surface area contributed by atoms with Gasteiger partial charge in [-0.15, -0.1) is 0 Å². The van der Waals surface area contributed by atoms with Crippen LogP contribution in [0.5, 0.6) is 0 Å². The van der Waals surface area contributed by atoms with Crippen LogP contribution in [0, 0.1) is 10.1 Å². The standard InChI is InChI=1S/C12H18N2O3/c1-9(8-13-12(2,3)4)7-10-5-6-11(17-10)14(15)16/h5-7,13H,8H2,1-4H3. The van der Waals surface area contributed by atoms with E-state index in [4.69, 9.17) is 4.42 Å². The van der Waals surface area contributed by atoms with Gasteiger partial charge in [0, 0.05) is 12.1 Å². The zero-order valence-electron chi connectivity index (χ0n) is 10.6. The predicted octanol–water partition coefficient (Wildman–Crippen LogP) is 2.98. The summed E-state index contributed by atoms with van der Waals surface area (Å²) in [6.45, 7) is 8.92. The molecule has 0 aromatic carbocycles. The van der Waals surface area contributed by atoms with E-state index in [0.29, 0.717) is 5.76 Å². The molecule has 17 heavy (non-hydrogen) atoms. The minimum atomic E-state index is -0.542. The Kier molecular flexibility index (Phi) is 4.07. The second-order valence-electron chi connectivity index (χ2n) is 5.03. The van der Waals surface area contributed by atoms with Gasteiger partial charge < -0.3 is 9.73 Å². The molecule has 1 aromatic rings. The fourth-order valence-corrected chi connectivity index (χ4v) is 1.22. The summed E-state index contributed by atoms with van der Waals surface area (Å²) in [5.41, 5.74) is 1.11. The molecule has 5 heteroatoms. The smallest absolute Gasteiger partial charge is 0.401 e. The maximum Gasteiger partial charge on any atom is 0.433 e. The lowest BCUT2D eigenvalue weighted by molar-refractivity contribution is -0.402. The van der Waals surface area contributed by atoms with Crippen LogP contribution >= 0.6 is 0 Å². The summed E-state index contributed by atoms with van der Waals surface area (Å²) in [6.07, 6.45) is 1.80. The number of hydrogen-bond acceptors (Lipinski definition) is 4. The first-order valence-corrected chi connectivity index (χ1v) is 5.44. The van der Waals surface area contributed by atoms with E-state index < -0.39 is 4.92 Å². The molecule has 0 aliphatic carbocycles. The molecule has 0 saturated carbocycles. The number of rotatable bonds is 4. The minimum Gasteiger partial charge on any atom is -0.401 e. The van der Waals surface area contributed by atoms with Gasteiger partial charge in [0.25, 0.3) is 0 Å². The Morgan fingerprint density at radius 2 is 2.18 bits per heavy atom. The van der Waals surface area contributed by atoms with Crippen LogP contribution in [0.4, 0.5) is 5.88 Å². The highest BCUT2D eigenvalue weighted by Gasteiger charge is 2.11. The van der Waals surface area contributed by atoms with E-state index in [1.165, 1.54) is 6.07 Å². The molecule has 0 aliphatic rings. The molecule has 0 radical (unpaired) electrons. The first-order valence-electron chi connectivity index (χ1n) is 5.44. The summed E-state index contributed by atoms with van der Waals surface area (Å²) >= 11 is 0. The number of furan rings is 1. The zero-order chi connectivity index (χ0) is 13.1. The zero-order valence-corrected chi connectivity index (χ0v) is 10.6. The van der Waals surface area contributed by atoms with E-state index in [2.05, 4.69) is 26.1 Å². The van der Waals surface area contributed by atoms with Gasteiger partial charge in [-0.3, -0.25) is 10.1 Å². The maximum absolute atomic E-state index is 10.4. The molecule has 1 N–H and O–H groups in total. The van der Waals surface area contributed by atoms with Gasteiger partial charge in [0.1, 0.15) is 10.7 Å². The molecule has 1 rings (SSSR count). The fraction of sp³-hybridized carbons (Fsp3) is 0.500. The third-order valence-electron chi connectivity index (χ3n) is 2.08. The molecule has 0 saturated heterocycles. The first kappa shape index (κ1) is 13.4. The third kappa shape index (κ3) is 4.82. The Morgan fingerprint density at radius 1 is 1.53 bits per heavy atom. The molecular formula is C12H18N2O3. The van der Waals surface area contributed by atoms with Crippen molar-refractivity contribution in [2.45, 2.75) is 33.2 Å². The molecule has 0 bridgehead atoms. The average molecular weight is 238 g/mol. The predicted molar refractivity (Wildman–Crippen MR) is 66.8 cm³/mol. The SMILES string of the molecule is CC(=Cc1ccc([N+](=O)[O-])o1)CNC(C)(C)C.